The van der Waals surface area contributed by atoms with E-state index in [1.165, 1.54) is 44.9 Å². The molecule has 0 spiro atoms. The van der Waals surface area contributed by atoms with Gasteiger partial charge in [0.2, 0.25) is 0 Å². The summed E-state index contributed by atoms with van der Waals surface area (Å²) >= 11 is 0. The molecule has 41 heavy (non-hydrogen) atoms. The highest BCUT2D eigenvalue weighted by Crippen LogP contribution is 2.13. The van der Waals surface area contributed by atoms with Crippen molar-refractivity contribution >= 4 is 11.9 Å². The van der Waals surface area contributed by atoms with E-state index in [4.69, 9.17) is 25.4 Å². The van der Waals surface area contributed by atoms with Crippen molar-refractivity contribution in [2.45, 2.75) is 135 Å². The average Bonchev–Trinajstić information content (AvgIpc) is 2.98. The number of benzene rings is 1. The Labute approximate surface area is 250 Å². The van der Waals surface area contributed by atoms with Crippen LogP contribution in [0.3, 0.4) is 0 Å². The van der Waals surface area contributed by atoms with Crippen molar-refractivity contribution in [3.63, 3.8) is 0 Å². The lowest BCUT2D eigenvalue weighted by atomic mass is 10.0. The molecule has 0 saturated carbocycles. The average molecular weight is 573 g/mol. The SMILES string of the molecule is C#CCCCCCCCCCCCCCC(=O)OCC(COCc1ccccc1)OC(=O)CCCCCCCOC. The van der Waals surface area contributed by atoms with Crippen molar-refractivity contribution in [2.75, 3.05) is 26.9 Å². The molecule has 0 aliphatic rings. The Morgan fingerprint density at radius 1 is 0.707 bits per heavy atom. The van der Waals surface area contributed by atoms with Gasteiger partial charge in [-0.1, -0.05) is 107 Å². The fourth-order valence-corrected chi connectivity index (χ4v) is 4.63. The summed E-state index contributed by atoms with van der Waals surface area (Å²) in [6, 6.07) is 9.84. The smallest absolute Gasteiger partial charge is 0.306 e. The molecule has 1 aromatic carbocycles. The minimum Gasteiger partial charge on any atom is -0.462 e. The predicted molar refractivity (Wildman–Crippen MR) is 165 cm³/mol. The summed E-state index contributed by atoms with van der Waals surface area (Å²) in [5.41, 5.74) is 1.04. The van der Waals surface area contributed by atoms with Crippen molar-refractivity contribution in [3.05, 3.63) is 35.9 Å². The zero-order valence-corrected chi connectivity index (χ0v) is 25.8. The molecule has 0 saturated heterocycles. The molecule has 1 rings (SSSR count). The molecule has 0 aliphatic heterocycles. The van der Waals surface area contributed by atoms with Gasteiger partial charge in [0.25, 0.3) is 0 Å². The van der Waals surface area contributed by atoms with Crippen LogP contribution in [0.1, 0.15) is 128 Å². The monoisotopic (exact) mass is 572 g/mol. The van der Waals surface area contributed by atoms with Crippen molar-refractivity contribution in [2.24, 2.45) is 0 Å². The normalized spacial score (nSPS) is 11.6. The van der Waals surface area contributed by atoms with Crippen molar-refractivity contribution in [1.29, 1.82) is 0 Å². The first kappa shape index (κ1) is 36.7. The summed E-state index contributed by atoms with van der Waals surface area (Å²) in [6.45, 7) is 1.41. The summed E-state index contributed by atoms with van der Waals surface area (Å²) in [5.74, 6) is 2.19. The Morgan fingerprint density at radius 3 is 1.83 bits per heavy atom. The van der Waals surface area contributed by atoms with E-state index in [0.29, 0.717) is 19.4 Å². The second-order valence-corrected chi connectivity index (χ2v) is 10.9. The molecular formula is C35H56O6. The van der Waals surface area contributed by atoms with Gasteiger partial charge in [-0.25, -0.2) is 0 Å². The third kappa shape index (κ3) is 24.0. The highest BCUT2D eigenvalue weighted by atomic mass is 16.6. The van der Waals surface area contributed by atoms with Gasteiger partial charge in [0.05, 0.1) is 13.2 Å². The maximum Gasteiger partial charge on any atom is 0.306 e. The molecule has 1 unspecified atom stereocenters. The topological polar surface area (TPSA) is 71.1 Å². The fourth-order valence-electron chi connectivity index (χ4n) is 4.63. The van der Waals surface area contributed by atoms with Crippen LogP contribution in [0.2, 0.25) is 0 Å². The van der Waals surface area contributed by atoms with Crippen LogP contribution in [0, 0.1) is 12.3 Å². The second-order valence-electron chi connectivity index (χ2n) is 10.9. The van der Waals surface area contributed by atoms with Crippen LogP contribution in [-0.2, 0) is 35.1 Å². The van der Waals surface area contributed by atoms with Crippen molar-refractivity contribution in [3.8, 4) is 12.3 Å². The number of terminal acetylenes is 1. The molecule has 0 heterocycles. The van der Waals surface area contributed by atoms with Gasteiger partial charge in [-0.2, -0.15) is 0 Å². The maximum atomic E-state index is 12.4. The predicted octanol–water partition coefficient (Wildman–Crippen LogP) is 8.35. The first-order valence-corrected chi connectivity index (χ1v) is 16.0. The standard InChI is InChI=1S/C35H56O6/c1-3-4-5-6-7-8-9-10-11-12-13-15-21-26-34(36)40-31-33(30-39-29-32-24-19-18-20-25-32)41-35(37)27-22-16-14-17-23-28-38-2/h1,18-20,24-25,33H,4-17,21-23,26-31H2,2H3. The first-order valence-electron chi connectivity index (χ1n) is 16.0. The number of ether oxygens (including phenoxy) is 4. The third-order valence-electron chi connectivity index (χ3n) is 7.08. The Bertz CT molecular complexity index is 788. The van der Waals surface area contributed by atoms with Gasteiger partial charge in [0.15, 0.2) is 6.10 Å². The molecule has 6 nitrogen and oxygen atoms in total. The highest BCUT2D eigenvalue weighted by molar-refractivity contribution is 5.70. The van der Waals surface area contributed by atoms with Gasteiger partial charge >= 0.3 is 11.9 Å². The molecule has 1 atom stereocenters. The Morgan fingerprint density at radius 2 is 1.24 bits per heavy atom. The summed E-state index contributed by atoms with van der Waals surface area (Å²) in [5, 5.41) is 0. The van der Waals surface area contributed by atoms with E-state index < -0.39 is 6.10 Å². The number of carbonyl (C=O) groups excluding carboxylic acids is 2. The van der Waals surface area contributed by atoms with Crippen LogP contribution in [0.4, 0.5) is 0 Å². The number of carbonyl (C=O) groups is 2. The number of esters is 2. The lowest BCUT2D eigenvalue weighted by Crippen LogP contribution is -2.29. The van der Waals surface area contributed by atoms with Crippen molar-refractivity contribution in [1.82, 2.24) is 0 Å². The van der Waals surface area contributed by atoms with Gasteiger partial charge in [0.1, 0.15) is 6.61 Å². The molecule has 6 heteroatoms. The molecule has 1 aromatic rings. The molecule has 232 valence electrons. The highest BCUT2D eigenvalue weighted by Gasteiger charge is 2.17. The van der Waals surface area contributed by atoms with E-state index in [9.17, 15) is 9.59 Å². The van der Waals surface area contributed by atoms with Crippen LogP contribution >= 0.6 is 0 Å². The van der Waals surface area contributed by atoms with E-state index >= 15 is 0 Å². The molecule has 0 bridgehead atoms. The summed E-state index contributed by atoms with van der Waals surface area (Å²) < 4.78 is 22.0. The molecular weight excluding hydrogens is 516 g/mol. The molecule has 0 N–H and O–H groups in total. The molecule has 0 amide bonds. The van der Waals surface area contributed by atoms with Crippen LogP contribution in [-0.4, -0.2) is 45.0 Å². The minimum absolute atomic E-state index is 0.0269. The summed E-state index contributed by atoms with van der Waals surface area (Å²) in [7, 11) is 1.71. The van der Waals surface area contributed by atoms with Gasteiger partial charge in [0, 0.05) is 33.0 Å². The van der Waals surface area contributed by atoms with Crippen molar-refractivity contribution < 1.29 is 28.5 Å². The second kappa shape index (κ2) is 27.8. The largest absolute Gasteiger partial charge is 0.462 e. The van der Waals surface area contributed by atoms with E-state index in [2.05, 4.69) is 5.92 Å². The molecule has 0 aromatic heterocycles. The van der Waals surface area contributed by atoms with Crippen LogP contribution < -0.4 is 0 Å². The zero-order valence-electron chi connectivity index (χ0n) is 25.8. The number of unbranched alkanes of at least 4 members (excludes halogenated alkanes) is 15. The van der Waals surface area contributed by atoms with Crippen LogP contribution in [0.15, 0.2) is 30.3 Å². The lowest BCUT2D eigenvalue weighted by molar-refractivity contribution is -0.163. The summed E-state index contributed by atoms with van der Waals surface area (Å²) in [6.07, 6.45) is 24.4. The lowest BCUT2D eigenvalue weighted by Gasteiger charge is -2.18. The first-order chi connectivity index (χ1) is 20.2. The van der Waals surface area contributed by atoms with Gasteiger partial charge in [-0.15, -0.1) is 12.3 Å². The molecule has 0 radical (unpaired) electrons. The van der Waals surface area contributed by atoms with E-state index in [-0.39, 0.29) is 25.2 Å². The molecule has 0 fully saturated rings. The van der Waals surface area contributed by atoms with E-state index in [0.717, 1.165) is 76.4 Å². The van der Waals surface area contributed by atoms with Crippen LogP contribution in [0.25, 0.3) is 0 Å². The Balaban J connectivity index is 2.20. The van der Waals surface area contributed by atoms with E-state index in [1.54, 1.807) is 7.11 Å². The van der Waals surface area contributed by atoms with Gasteiger partial charge in [-0.3, -0.25) is 9.59 Å². The Hall–Kier alpha value is -2.36. The third-order valence-corrected chi connectivity index (χ3v) is 7.08. The minimum atomic E-state index is -0.603. The summed E-state index contributed by atoms with van der Waals surface area (Å²) in [4.78, 5) is 24.8. The van der Waals surface area contributed by atoms with E-state index in [1.807, 2.05) is 30.3 Å². The van der Waals surface area contributed by atoms with Gasteiger partial charge in [-0.05, 0) is 31.2 Å². The van der Waals surface area contributed by atoms with Gasteiger partial charge < -0.3 is 18.9 Å². The maximum absolute atomic E-state index is 12.4. The molecule has 0 aliphatic carbocycles. The number of hydrogen-bond donors (Lipinski definition) is 0. The number of methoxy groups -OCH3 is 1. The van der Waals surface area contributed by atoms with Crippen LogP contribution in [0.5, 0.6) is 0 Å². The Kier molecular flexibility index (Phi) is 24.9. The fraction of sp³-hybridized carbons (Fsp3) is 0.714. The quantitative estimate of drug-likeness (QED) is 0.0571. The number of hydrogen-bond acceptors (Lipinski definition) is 6. The zero-order chi connectivity index (χ0) is 29.6. The number of rotatable bonds is 28.